The van der Waals surface area contributed by atoms with E-state index in [9.17, 15) is 19.2 Å². The van der Waals surface area contributed by atoms with Gasteiger partial charge in [-0.1, -0.05) is 42.0 Å². The van der Waals surface area contributed by atoms with Crippen molar-refractivity contribution < 1.29 is 28.7 Å². The lowest BCUT2D eigenvalue weighted by molar-refractivity contribution is -0.133. The Kier molecular flexibility index (Phi) is 11.2. The van der Waals surface area contributed by atoms with Crippen molar-refractivity contribution in [2.45, 2.75) is 52.2 Å². The number of likely N-dealkylation sites (tertiary alicyclic amines) is 2. The van der Waals surface area contributed by atoms with E-state index in [1.165, 1.54) is 7.11 Å². The molecule has 11 heteroatoms. The zero-order valence-electron chi connectivity index (χ0n) is 30.6. The van der Waals surface area contributed by atoms with Gasteiger partial charge in [-0.05, 0) is 93.8 Å². The number of carbonyl (C=O) groups is 4. The standard InChI is InChI=1S/C41H49N5O6/c1-25(2)52-36-17-15-28(20-37(36)51-5)40(49)45-21-30-22-46(41(50)35-19-29-18-26(3)14-16-33(29)43-35)24-32(31(30)23-45)38(47)44-34(39(48)42-4)13-9-12-27-10-7-6-8-11-27/h6-8,10-11,14-20,25,30-32,34,43H,9,12-13,21-24H2,1-5H3,(H,42,48)(H,44,47)/t30?,31?,32?,34-/m0/s1. The molecular formula is C41H49N5O6. The summed E-state index contributed by atoms with van der Waals surface area (Å²) in [5.74, 6) is -0.921. The molecule has 0 spiro atoms. The van der Waals surface area contributed by atoms with Crippen LogP contribution in [0.4, 0.5) is 0 Å². The van der Waals surface area contributed by atoms with E-state index in [4.69, 9.17) is 9.47 Å². The fourth-order valence-electron chi connectivity index (χ4n) is 7.63. The van der Waals surface area contributed by atoms with Gasteiger partial charge in [0.15, 0.2) is 11.5 Å². The SMILES string of the molecule is CNC(=O)[C@H](CCCc1ccccc1)NC(=O)C1CN(C(=O)c2cc3cc(C)ccc3[nH]2)CC2CN(C(=O)c3ccc(OC(C)C)c(OC)c3)CC21. The summed E-state index contributed by atoms with van der Waals surface area (Å²) in [4.78, 5) is 62.1. The lowest BCUT2D eigenvalue weighted by Crippen LogP contribution is -2.56. The van der Waals surface area contributed by atoms with E-state index in [-0.39, 0.29) is 48.1 Å². The Labute approximate surface area is 305 Å². The van der Waals surface area contributed by atoms with E-state index in [2.05, 4.69) is 15.6 Å². The highest BCUT2D eigenvalue weighted by Crippen LogP contribution is 2.38. The molecular weight excluding hydrogens is 658 g/mol. The number of hydrogen-bond donors (Lipinski definition) is 3. The first-order valence-electron chi connectivity index (χ1n) is 18.1. The highest BCUT2D eigenvalue weighted by Gasteiger charge is 2.48. The van der Waals surface area contributed by atoms with Crippen LogP contribution in [0.5, 0.6) is 11.5 Å². The van der Waals surface area contributed by atoms with E-state index in [1.54, 1.807) is 35.0 Å². The first-order valence-corrected chi connectivity index (χ1v) is 18.1. The molecule has 11 nitrogen and oxygen atoms in total. The van der Waals surface area contributed by atoms with Gasteiger partial charge in [-0.25, -0.2) is 0 Å². The highest BCUT2D eigenvalue weighted by atomic mass is 16.5. The molecule has 274 valence electrons. The van der Waals surface area contributed by atoms with Gasteiger partial charge < -0.3 is 34.9 Å². The topological polar surface area (TPSA) is 133 Å². The molecule has 2 fully saturated rings. The molecule has 0 bridgehead atoms. The third-order valence-corrected chi connectivity index (χ3v) is 10.3. The number of aryl methyl sites for hydroxylation is 2. The third-order valence-electron chi connectivity index (χ3n) is 10.3. The second-order valence-corrected chi connectivity index (χ2v) is 14.3. The van der Waals surface area contributed by atoms with Gasteiger partial charge in [-0.2, -0.15) is 0 Å². The molecule has 2 saturated heterocycles. The van der Waals surface area contributed by atoms with Gasteiger partial charge in [-0.15, -0.1) is 0 Å². The van der Waals surface area contributed by atoms with Crippen LogP contribution in [0, 0.1) is 24.7 Å². The third kappa shape index (κ3) is 8.09. The normalized spacial score (nSPS) is 18.9. The molecule has 3 unspecified atom stereocenters. The number of amides is 4. The lowest BCUT2D eigenvalue weighted by atomic mass is 9.79. The molecule has 4 amide bonds. The fraction of sp³-hybridized carbons (Fsp3) is 0.415. The number of nitrogens with zero attached hydrogens (tertiary/aromatic N) is 2. The molecule has 2 aliphatic heterocycles. The van der Waals surface area contributed by atoms with E-state index in [0.29, 0.717) is 55.2 Å². The van der Waals surface area contributed by atoms with E-state index in [0.717, 1.165) is 28.5 Å². The summed E-state index contributed by atoms with van der Waals surface area (Å²) in [7, 11) is 3.10. The van der Waals surface area contributed by atoms with Crippen molar-refractivity contribution in [2.75, 3.05) is 40.3 Å². The van der Waals surface area contributed by atoms with Crippen molar-refractivity contribution in [3.8, 4) is 11.5 Å². The number of aromatic nitrogens is 1. The Hall–Kier alpha value is -5.32. The van der Waals surface area contributed by atoms with Crippen molar-refractivity contribution in [3.05, 3.63) is 95.2 Å². The summed E-state index contributed by atoms with van der Waals surface area (Å²) in [5.41, 5.74) is 4.01. The van der Waals surface area contributed by atoms with Crippen molar-refractivity contribution in [2.24, 2.45) is 17.8 Å². The Morgan fingerprint density at radius 2 is 1.63 bits per heavy atom. The Balaban J connectivity index is 1.24. The minimum atomic E-state index is -0.735. The number of carbonyl (C=O) groups excluding carboxylic acids is 4. The lowest BCUT2D eigenvalue weighted by Gasteiger charge is -2.39. The van der Waals surface area contributed by atoms with Crippen LogP contribution in [-0.2, 0) is 16.0 Å². The van der Waals surface area contributed by atoms with Crippen molar-refractivity contribution in [3.63, 3.8) is 0 Å². The number of methoxy groups -OCH3 is 1. The van der Waals surface area contributed by atoms with Gasteiger partial charge in [0.2, 0.25) is 11.8 Å². The minimum absolute atomic E-state index is 0.0637. The number of fused-ring (bicyclic) bond motifs is 2. The maximum absolute atomic E-state index is 14.3. The van der Waals surface area contributed by atoms with Crippen LogP contribution in [0.25, 0.3) is 10.9 Å². The van der Waals surface area contributed by atoms with Crippen LogP contribution in [0.1, 0.15) is 58.7 Å². The molecule has 0 saturated carbocycles. The monoisotopic (exact) mass is 707 g/mol. The number of rotatable bonds is 12. The summed E-state index contributed by atoms with van der Waals surface area (Å²) in [6.07, 6.45) is 1.88. The summed E-state index contributed by atoms with van der Waals surface area (Å²) >= 11 is 0. The second kappa shape index (κ2) is 15.9. The van der Waals surface area contributed by atoms with Gasteiger partial charge in [0.05, 0.1) is 19.1 Å². The van der Waals surface area contributed by atoms with Crippen molar-refractivity contribution >= 4 is 34.5 Å². The summed E-state index contributed by atoms with van der Waals surface area (Å²) in [5, 5.41) is 6.69. The number of aromatic amines is 1. The maximum Gasteiger partial charge on any atom is 0.270 e. The Morgan fingerprint density at radius 1 is 0.885 bits per heavy atom. The predicted molar refractivity (Wildman–Crippen MR) is 199 cm³/mol. The van der Waals surface area contributed by atoms with E-state index < -0.39 is 12.0 Å². The van der Waals surface area contributed by atoms with E-state index >= 15 is 0 Å². The number of hydrogen-bond acceptors (Lipinski definition) is 6. The molecule has 6 rings (SSSR count). The zero-order chi connectivity index (χ0) is 36.9. The number of H-pyrrole nitrogens is 1. The molecule has 3 aromatic carbocycles. The average molecular weight is 708 g/mol. The molecule has 3 heterocycles. The highest BCUT2D eigenvalue weighted by molar-refractivity contribution is 5.99. The van der Waals surface area contributed by atoms with Crippen molar-refractivity contribution in [1.82, 2.24) is 25.4 Å². The number of ether oxygens (including phenoxy) is 2. The maximum atomic E-state index is 14.3. The molecule has 4 aromatic rings. The van der Waals surface area contributed by atoms with E-state index in [1.807, 2.05) is 75.4 Å². The fourth-order valence-corrected chi connectivity index (χ4v) is 7.63. The van der Waals surface area contributed by atoms with Crippen LogP contribution < -0.4 is 20.1 Å². The largest absolute Gasteiger partial charge is 0.493 e. The quantitative estimate of drug-likeness (QED) is 0.190. The van der Waals surface area contributed by atoms with Gasteiger partial charge in [-0.3, -0.25) is 19.2 Å². The number of nitrogens with one attached hydrogen (secondary N) is 3. The molecule has 3 N–H and O–H groups in total. The van der Waals surface area contributed by atoms with Gasteiger partial charge in [0, 0.05) is 49.7 Å². The average Bonchev–Trinajstić information content (AvgIpc) is 3.78. The number of piperidine rings is 1. The van der Waals surface area contributed by atoms with Crippen LogP contribution in [0.2, 0.25) is 0 Å². The molecule has 4 atom stereocenters. The molecule has 0 radical (unpaired) electrons. The van der Waals surface area contributed by atoms with Crippen molar-refractivity contribution in [1.29, 1.82) is 0 Å². The van der Waals surface area contributed by atoms with Crippen LogP contribution in [0.3, 0.4) is 0 Å². The van der Waals surface area contributed by atoms with Gasteiger partial charge in [0.1, 0.15) is 11.7 Å². The molecule has 2 aliphatic rings. The Morgan fingerprint density at radius 3 is 2.35 bits per heavy atom. The number of benzene rings is 3. The smallest absolute Gasteiger partial charge is 0.270 e. The zero-order valence-corrected chi connectivity index (χ0v) is 30.6. The van der Waals surface area contributed by atoms with Crippen LogP contribution in [-0.4, -0.2) is 90.9 Å². The molecule has 52 heavy (non-hydrogen) atoms. The predicted octanol–water partition coefficient (Wildman–Crippen LogP) is 4.99. The molecule has 0 aliphatic carbocycles. The summed E-state index contributed by atoms with van der Waals surface area (Å²) in [6.45, 7) is 7.14. The summed E-state index contributed by atoms with van der Waals surface area (Å²) in [6, 6.07) is 22.3. The van der Waals surface area contributed by atoms with Gasteiger partial charge in [0.25, 0.3) is 11.8 Å². The second-order valence-electron chi connectivity index (χ2n) is 14.3. The van der Waals surface area contributed by atoms with Gasteiger partial charge >= 0.3 is 0 Å². The minimum Gasteiger partial charge on any atom is -0.493 e. The van der Waals surface area contributed by atoms with Crippen LogP contribution >= 0.6 is 0 Å². The first-order chi connectivity index (χ1) is 25.0. The van der Waals surface area contributed by atoms with Crippen LogP contribution in [0.15, 0.2) is 72.8 Å². The Bertz CT molecular complexity index is 1920. The first kappa shape index (κ1) is 36.5. The molecule has 1 aromatic heterocycles. The number of likely N-dealkylation sites (N-methyl/N-ethyl adjacent to an activating group) is 1. The summed E-state index contributed by atoms with van der Waals surface area (Å²) < 4.78 is 11.4.